The second kappa shape index (κ2) is 6.00. The standard InChI is InChI=1S/C12H13N3O4S/c1-8(16)20-7-9-4-12(17)14(6-9)10-2-3-13-5-11(10)15(18)19/h2-3,5,9H,4,6-7H2,1H3. The van der Waals surface area contributed by atoms with Crippen molar-refractivity contribution >= 4 is 34.2 Å². The Morgan fingerprint density at radius 2 is 2.40 bits per heavy atom. The number of hydrogen-bond donors (Lipinski definition) is 0. The van der Waals surface area contributed by atoms with E-state index in [0.717, 1.165) is 6.20 Å². The van der Waals surface area contributed by atoms with Crippen molar-refractivity contribution in [3.63, 3.8) is 0 Å². The first-order valence-corrected chi connectivity index (χ1v) is 6.99. The van der Waals surface area contributed by atoms with Crippen molar-refractivity contribution in [1.29, 1.82) is 0 Å². The molecule has 7 nitrogen and oxygen atoms in total. The first-order chi connectivity index (χ1) is 9.49. The number of rotatable bonds is 4. The van der Waals surface area contributed by atoms with Crippen LogP contribution < -0.4 is 4.90 Å². The van der Waals surface area contributed by atoms with Crippen molar-refractivity contribution in [1.82, 2.24) is 4.98 Å². The Hall–Kier alpha value is -1.96. The summed E-state index contributed by atoms with van der Waals surface area (Å²) < 4.78 is 0. The summed E-state index contributed by atoms with van der Waals surface area (Å²) >= 11 is 1.17. The quantitative estimate of drug-likeness (QED) is 0.619. The van der Waals surface area contributed by atoms with Crippen LogP contribution in [0.1, 0.15) is 13.3 Å². The second-order valence-corrected chi connectivity index (χ2v) is 5.70. The van der Waals surface area contributed by atoms with Crippen LogP contribution in [0, 0.1) is 16.0 Å². The minimum Gasteiger partial charge on any atom is -0.306 e. The van der Waals surface area contributed by atoms with Gasteiger partial charge in [-0.1, -0.05) is 11.8 Å². The monoisotopic (exact) mass is 295 g/mol. The Kier molecular flexibility index (Phi) is 4.33. The number of carbonyl (C=O) groups is 2. The van der Waals surface area contributed by atoms with Crippen LogP contribution in [0.15, 0.2) is 18.5 Å². The van der Waals surface area contributed by atoms with Gasteiger partial charge in [0, 0.05) is 31.8 Å². The number of nitrogens with zero attached hydrogens (tertiary/aromatic N) is 3. The van der Waals surface area contributed by atoms with E-state index < -0.39 is 4.92 Å². The summed E-state index contributed by atoms with van der Waals surface area (Å²) in [6.07, 6.45) is 2.87. The highest BCUT2D eigenvalue weighted by molar-refractivity contribution is 8.13. The minimum absolute atomic E-state index is 0.00536. The molecule has 0 aliphatic carbocycles. The maximum atomic E-state index is 12.0. The molecule has 0 spiro atoms. The van der Waals surface area contributed by atoms with Gasteiger partial charge in [0.15, 0.2) is 5.12 Å². The molecule has 0 aromatic carbocycles. The predicted octanol–water partition coefficient (Wildman–Crippen LogP) is 1.62. The summed E-state index contributed by atoms with van der Waals surface area (Å²) in [5.74, 6) is 0.425. The van der Waals surface area contributed by atoms with Crippen LogP contribution in [-0.2, 0) is 9.59 Å². The van der Waals surface area contributed by atoms with Gasteiger partial charge >= 0.3 is 5.69 Å². The van der Waals surface area contributed by atoms with Crippen molar-refractivity contribution in [2.24, 2.45) is 5.92 Å². The summed E-state index contributed by atoms with van der Waals surface area (Å²) in [5, 5.41) is 11.0. The Balaban J connectivity index is 2.16. The Bertz CT molecular complexity index is 563. The zero-order valence-corrected chi connectivity index (χ0v) is 11.6. The summed E-state index contributed by atoms with van der Waals surface area (Å²) in [5.41, 5.74) is 0.0889. The van der Waals surface area contributed by atoms with Crippen molar-refractivity contribution in [2.75, 3.05) is 17.2 Å². The molecule has 1 aromatic rings. The lowest BCUT2D eigenvalue weighted by molar-refractivity contribution is -0.384. The third-order valence-corrected chi connectivity index (χ3v) is 4.04. The molecule has 0 bridgehead atoms. The minimum atomic E-state index is -0.548. The predicted molar refractivity (Wildman–Crippen MR) is 74.5 cm³/mol. The van der Waals surface area contributed by atoms with Crippen LogP contribution in [0.25, 0.3) is 0 Å². The molecule has 0 N–H and O–H groups in total. The molecule has 1 saturated heterocycles. The lowest BCUT2D eigenvalue weighted by Gasteiger charge is -2.16. The summed E-state index contributed by atoms with van der Waals surface area (Å²) in [4.78, 5) is 38.5. The van der Waals surface area contributed by atoms with Gasteiger partial charge in [0.05, 0.1) is 4.92 Å². The number of pyridine rings is 1. The van der Waals surface area contributed by atoms with E-state index in [1.165, 1.54) is 35.8 Å². The SMILES string of the molecule is CC(=O)SCC1CC(=O)N(c2ccncc2[N+](=O)[O-])C1. The van der Waals surface area contributed by atoms with Gasteiger partial charge in [-0.2, -0.15) is 0 Å². The topological polar surface area (TPSA) is 93.4 Å². The Morgan fingerprint density at radius 3 is 3.05 bits per heavy atom. The van der Waals surface area contributed by atoms with Crippen LogP contribution in [0.5, 0.6) is 0 Å². The smallest absolute Gasteiger partial charge is 0.306 e. The second-order valence-electron chi connectivity index (χ2n) is 4.50. The van der Waals surface area contributed by atoms with Gasteiger partial charge in [-0.25, -0.2) is 0 Å². The molecule has 1 aromatic heterocycles. The number of nitro groups is 1. The van der Waals surface area contributed by atoms with Gasteiger partial charge < -0.3 is 4.90 Å². The van der Waals surface area contributed by atoms with E-state index in [2.05, 4.69) is 4.98 Å². The van der Waals surface area contributed by atoms with Crippen LogP contribution in [0.4, 0.5) is 11.4 Å². The molecule has 2 rings (SSSR count). The molecule has 0 saturated carbocycles. The highest BCUT2D eigenvalue weighted by atomic mass is 32.2. The number of hydrogen-bond acceptors (Lipinski definition) is 6. The fraction of sp³-hybridized carbons (Fsp3) is 0.417. The van der Waals surface area contributed by atoms with Crippen LogP contribution in [-0.4, -0.2) is 33.2 Å². The number of amides is 1. The number of anilines is 1. The molecule has 0 radical (unpaired) electrons. The van der Waals surface area contributed by atoms with E-state index in [9.17, 15) is 19.7 Å². The Labute approximate surface area is 119 Å². The first kappa shape index (κ1) is 14.4. The van der Waals surface area contributed by atoms with Gasteiger partial charge in [0.1, 0.15) is 11.9 Å². The Morgan fingerprint density at radius 1 is 1.65 bits per heavy atom. The number of carbonyl (C=O) groups excluding carboxylic acids is 2. The fourth-order valence-corrected chi connectivity index (χ4v) is 2.80. The molecule has 1 aliphatic heterocycles. The molecular formula is C12H13N3O4S. The van der Waals surface area contributed by atoms with E-state index >= 15 is 0 Å². The number of thioether (sulfide) groups is 1. The number of aromatic nitrogens is 1. The fourth-order valence-electron chi connectivity index (χ4n) is 2.11. The zero-order valence-electron chi connectivity index (χ0n) is 10.8. The molecular weight excluding hydrogens is 282 g/mol. The lowest BCUT2D eigenvalue weighted by Crippen LogP contribution is -2.25. The van der Waals surface area contributed by atoms with Gasteiger partial charge in [-0.3, -0.25) is 24.7 Å². The van der Waals surface area contributed by atoms with Gasteiger partial charge in [-0.15, -0.1) is 0 Å². The average Bonchev–Trinajstić information content (AvgIpc) is 2.77. The van der Waals surface area contributed by atoms with Crippen molar-refractivity contribution in [3.8, 4) is 0 Å². The normalized spacial score (nSPS) is 18.4. The van der Waals surface area contributed by atoms with E-state index in [1.807, 2.05) is 0 Å². The van der Waals surface area contributed by atoms with E-state index in [-0.39, 0.29) is 28.3 Å². The van der Waals surface area contributed by atoms with Crippen molar-refractivity contribution < 1.29 is 14.5 Å². The van der Waals surface area contributed by atoms with Crippen molar-refractivity contribution in [2.45, 2.75) is 13.3 Å². The molecule has 1 unspecified atom stereocenters. The molecule has 20 heavy (non-hydrogen) atoms. The highest BCUT2D eigenvalue weighted by Crippen LogP contribution is 2.32. The molecule has 1 aliphatic rings. The van der Waals surface area contributed by atoms with E-state index in [4.69, 9.17) is 0 Å². The van der Waals surface area contributed by atoms with Crippen molar-refractivity contribution in [3.05, 3.63) is 28.6 Å². The first-order valence-electron chi connectivity index (χ1n) is 6.01. The van der Waals surface area contributed by atoms with Crippen LogP contribution in [0.3, 0.4) is 0 Å². The maximum absolute atomic E-state index is 12.0. The van der Waals surface area contributed by atoms with E-state index in [1.54, 1.807) is 0 Å². The lowest BCUT2D eigenvalue weighted by atomic mass is 10.1. The molecule has 1 amide bonds. The van der Waals surface area contributed by atoms with Gasteiger partial charge in [-0.05, 0) is 12.0 Å². The van der Waals surface area contributed by atoms with Gasteiger partial charge in [0.2, 0.25) is 5.91 Å². The van der Waals surface area contributed by atoms with Gasteiger partial charge in [0.25, 0.3) is 0 Å². The largest absolute Gasteiger partial charge is 0.311 e. The molecule has 2 heterocycles. The maximum Gasteiger partial charge on any atom is 0.311 e. The zero-order chi connectivity index (χ0) is 14.7. The van der Waals surface area contributed by atoms with Crippen LogP contribution >= 0.6 is 11.8 Å². The molecule has 1 fully saturated rings. The summed E-state index contributed by atoms with van der Waals surface area (Å²) in [7, 11) is 0. The third kappa shape index (κ3) is 3.13. The average molecular weight is 295 g/mol. The molecule has 106 valence electrons. The van der Waals surface area contributed by atoms with E-state index in [0.29, 0.717) is 18.7 Å². The molecule has 8 heteroatoms. The summed E-state index contributed by atoms with van der Waals surface area (Å²) in [6, 6.07) is 1.47. The third-order valence-electron chi connectivity index (χ3n) is 2.99. The molecule has 1 atom stereocenters. The van der Waals surface area contributed by atoms with Crippen LogP contribution in [0.2, 0.25) is 0 Å². The highest BCUT2D eigenvalue weighted by Gasteiger charge is 2.34. The summed E-state index contributed by atoms with van der Waals surface area (Å²) in [6.45, 7) is 1.87.